The van der Waals surface area contributed by atoms with Gasteiger partial charge in [-0.1, -0.05) is 49.3 Å². The molecule has 5 rings (SSSR count). The lowest BCUT2D eigenvalue weighted by Gasteiger charge is -2.37. The van der Waals surface area contributed by atoms with Gasteiger partial charge in [-0.15, -0.1) is 11.8 Å². The summed E-state index contributed by atoms with van der Waals surface area (Å²) in [6.07, 6.45) is 12.0. The van der Waals surface area contributed by atoms with Gasteiger partial charge in [0.1, 0.15) is 6.04 Å². The lowest BCUT2D eigenvalue weighted by atomic mass is 9.74. The summed E-state index contributed by atoms with van der Waals surface area (Å²) in [7, 11) is 0. The van der Waals surface area contributed by atoms with E-state index in [2.05, 4.69) is 12.2 Å². The zero-order valence-corrected chi connectivity index (χ0v) is 23.3. The van der Waals surface area contributed by atoms with Gasteiger partial charge in [-0.2, -0.15) is 0 Å². The first-order chi connectivity index (χ1) is 18.2. The van der Waals surface area contributed by atoms with Gasteiger partial charge >= 0.3 is 5.97 Å². The zero-order valence-electron chi connectivity index (χ0n) is 22.5. The molecule has 204 valence electrons. The van der Waals surface area contributed by atoms with Crippen LogP contribution in [-0.4, -0.2) is 69.6 Å². The highest BCUT2D eigenvalue weighted by atomic mass is 32.2. The van der Waals surface area contributed by atoms with Crippen molar-refractivity contribution in [1.29, 1.82) is 0 Å². The third-order valence-electron chi connectivity index (χ3n) is 8.48. The number of hydrogen-bond acceptors (Lipinski definition) is 6. The number of aliphatic hydroxyl groups excluding tert-OH is 1. The van der Waals surface area contributed by atoms with Crippen molar-refractivity contribution in [3.8, 4) is 0 Å². The Kier molecular flexibility index (Phi) is 7.48. The number of nitrogens with zero attached hydrogens (tertiary/aromatic N) is 2. The Labute approximate surface area is 229 Å². The third kappa shape index (κ3) is 4.39. The second-order valence-electron chi connectivity index (χ2n) is 11.2. The molecule has 8 heteroatoms. The van der Waals surface area contributed by atoms with Gasteiger partial charge in [-0.3, -0.25) is 14.4 Å². The number of ether oxygens (including phenoxy) is 1. The van der Waals surface area contributed by atoms with Crippen molar-refractivity contribution in [3.05, 3.63) is 53.6 Å². The quantitative estimate of drug-likeness (QED) is 0.321. The van der Waals surface area contributed by atoms with Gasteiger partial charge in [0.2, 0.25) is 5.91 Å². The minimum atomic E-state index is -0.862. The standard InChI is InChI=1S/C30H38N2O5S/c1-20-11-12-21(2)22(19-20)31-16-10-14-30-23(24-28(36)37-18-9-6-13-29(24,3)38-30)26(34)32(25(30)27(31)35)15-7-4-5-8-17-33/h6,10-14,19,23-25,33H,4-5,7-9,15-18H2,1-3H3/t23-,24-,25?,29+,30-/m0/s1. The maximum Gasteiger partial charge on any atom is 0.311 e. The summed E-state index contributed by atoms with van der Waals surface area (Å²) in [5.74, 6) is -1.92. The number of thioether (sulfide) groups is 1. The van der Waals surface area contributed by atoms with Crippen molar-refractivity contribution in [2.24, 2.45) is 11.8 Å². The fourth-order valence-corrected chi connectivity index (χ4v) is 8.85. The number of carbonyl (C=O) groups is 3. The molecule has 1 N–H and O–H groups in total. The monoisotopic (exact) mass is 538 g/mol. The molecule has 38 heavy (non-hydrogen) atoms. The van der Waals surface area contributed by atoms with Crippen LogP contribution in [0.25, 0.3) is 0 Å². The number of aliphatic hydroxyl groups is 1. The molecule has 4 aliphatic rings. The Morgan fingerprint density at radius 2 is 1.82 bits per heavy atom. The molecule has 2 saturated heterocycles. The summed E-state index contributed by atoms with van der Waals surface area (Å²) >= 11 is 1.58. The highest BCUT2D eigenvalue weighted by Crippen LogP contribution is 2.65. The fourth-order valence-electron chi connectivity index (χ4n) is 6.70. The Morgan fingerprint density at radius 1 is 1.03 bits per heavy atom. The van der Waals surface area contributed by atoms with Crippen LogP contribution in [0.3, 0.4) is 0 Å². The molecule has 1 aromatic carbocycles. The summed E-state index contributed by atoms with van der Waals surface area (Å²) in [4.78, 5) is 45.8. The van der Waals surface area contributed by atoms with E-state index in [1.165, 1.54) is 0 Å². The zero-order chi connectivity index (χ0) is 27.1. The number of esters is 1. The van der Waals surface area contributed by atoms with Crippen LogP contribution >= 0.6 is 11.8 Å². The number of benzene rings is 1. The van der Waals surface area contributed by atoms with E-state index in [0.29, 0.717) is 26.1 Å². The Morgan fingerprint density at radius 3 is 2.61 bits per heavy atom. The molecular weight excluding hydrogens is 500 g/mol. The van der Waals surface area contributed by atoms with Crippen LogP contribution in [0.4, 0.5) is 5.69 Å². The Bertz CT molecular complexity index is 1180. The maximum atomic E-state index is 14.6. The van der Waals surface area contributed by atoms with Crippen molar-refractivity contribution in [1.82, 2.24) is 4.90 Å². The van der Waals surface area contributed by atoms with E-state index in [0.717, 1.165) is 42.5 Å². The number of unbranched alkanes of at least 4 members (excludes halogenated alkanes) is 3. The molecule has 4 heterocycles. The fraction of sp³-hybridized carbons (Fsp3) is 0.567. The van der Waals surface area contributed by atoms with Crippen molar-refractivity contribution in [2.75, 3.05) is 31.2 Å². The molecule has 1 unspecified atom stereocenters. The molecule has 0 bridgehead atoms. The number of amides is 2. The number of likely N-dealkylation sites (tertiary alicyclic amines) is 1. The largest absolute Gasteiger partial charge is 0.465 e. The minimum Gasteiger partial charge on any atom is -0.465 e. The van der Waals surface area contributed by atoms with Crippen molar-refractivity contribution < 1.29 is 24.2 Å². The molecule has 0 saturated carbocycles. The average molecular weight is 539 g/mol. The molecule has 2 amide bonds. The van der Waals surface area contributed by atoms with Crippen LogP contribution < -0.4 is 4.90 Å². The first-order valence-corrected chi connectivity index (χ1v) is 14.6. The number of aryl methyl sites for hydroxylation is 2. The molecule has 4 aliphatic heterocycles. The summed E-state index contributed by atoms with van der Waals surface area (Å²) in [5.41, 5.74) is 2.93. The lowest BCUT2D eigenvalue weighted by Crippen LogP contribution is -2.53. The van der Waals surface area contributed by atoms with E-state index in [1.807, 2.05) is 56.0 Å². The predicted octanol–water partition coefficient (Wildman–Crippen LogP) is 3.95. The average Bonchev–Trinajstić information content (AvgIpc) is 3.19. The second-order valence-corrected chi connectivity index (χ2v) is 13.0. The minimum absolute atomic E-state index is 0.0994. The van der Waals surface area contributed by atoms with E-state index in [4.69, 9.17) is 9.84 Å². The smallest absolute Gasteiger partial charge is 0.311 e. The maximum absolute atomic E-state index is 14.6. The van der Waals surface area contributed by atoms with Crippen LogP contribution in [0.15, 0.2) is 42.5 Å². The number of anilines is 1. The SMILES string of the molecule is Cc1ccc(C)c(N2CC=C[C@]34S[C@]5(C)C=CCCOC(=O)[C@@H]5[C@H]3C(=O)N(CCCCCCO)C4C2=O)c1. The van der Waals surface area contributed by atoms with E-state index < -0.39 is 27.4 Å². The predicted molar refractivity (Wildman–Crippen MR) is 149 cm³/mol. The normalized spacial score (nSPS) is 32.4. The van der Waals surface area contributed by atoms with Gasteiger partial charge < -0.3 is 19.6 Å². The molecule has 1 aromatic rings. The van der Waals surface area contributed by atoms with Crippen LogP contribution in [0.2, 0.25) is 0 Å². The highest BCUT2D eigenvalue weighted by molar-refractivity contribution is 8.02. The Hall–Kier alpha value is -2.58. The summed E-state index contributed by atoms with van der Waals surface area (Å²) in [6.45, 7) is 7.33. The van der Waals surface area contributed by atoms with E-state index in [9.17, 15) is 14.4 Å². The number of hydrogen-bond donors (Lipinski definition) is 1. The number of carbonyl (C=O) groups excluding carboxylic acids is 3. The first kappa shape index (κ1) is 27.0. The second kappa shape index (κ2) is 10.5. The van der Waals surface area contributed by atoms with Crippen molar-refractivity contribution in [3.63, 3.8) is 0 Å². The lowest BCUT2D eigenvalue weighted by molar-refractivity contribution is -0.154. The third-order valence-corrected chi connectivity index (χ3v) is 10.3. The van der Waals surface area contributed by atoms with E-state index in [-0.39, 0.29) is 24.4 Å². The van der Waals surface area contributed by atoms with Gasteiger partial charge in [-0.05, 0) is 57.2 Å². The molecular formula is C30H38N2O5S. The highest BCUT2D eigenvalue weighted by Gasteiger charge is 2.73. The summed E-state index contributed by atoms with van der Waals surface area (Å²) < 4.78 is 4.10. The van der Waals surface area contributed by atoms with Gasteiger partial charge in [-0.25, -0.2) is 0 Å². The molecule has 0 radical (unpaired) electrons. The van der Waals surface area contributed by atoms with Gasteiger partial charge in [0.05, 0.1) is 23.2 Å². The topological polar surface area (TPSA) is 87.2 Å². The summed E-state index contributed by atoms with van der Waals surface area (Å²) in [5, 5.41) is 9.15. The molecule has 5 atom stereocenters. The van der Waals surface area contributed by atoms with E-state index in [1.54, 1.807) is 16.7 Å². The molecule has 2 fully saturated rings. The van der Waals surface area contributed by atoms with Crippen LogP contribution in [0.1, 0.15) is 50.2 Å². The van der Waals surface area contributed by atoms with Gasteiger partial charge in [0.15, 0.2) is 0 Å². The van der Waals surface area contributed by atoms with E-state index >= 15 is 0 Å². The van der Waals surface area contributed by atoms with Crippen molar-refractivity contribution >= 4 is 35.2 Å². The van der Waals surface area contributed by atoms with Crippen molar-refractivity contribution in [2.45, 2.75) is 68.4 Å². The van der Waals surface area contributed by atoms with Gasteiger partial charge in [0.25, 0.3) is 5.91 Å². The number of rotatable bonds is 7. The summed E-state index contributed by atoms with van der Waals surface area (Å²) in [6, 6.07) is 5.38. The molecule has 0 aromatic heterocycles. The van der Waals surface area contributed by atoms with Gasteiger partial charge in [0, 0.05) is 30.1 Å². The Balaban J connectivity index is 1.58. The first-order valence-electron chi connectivity index (χ1n) is 13.8. The molecule has 0 aliphatic carbocycles. The number of fused-ring (bicyclic) bond motifs is 2. The van der Waals surface area contributed by atoms with Crippen LogP contribution in [-0.2, 0) is 19.1 Å². The van der Waals surface area contributed by atoms with Crippen LogP contribution in [0, 0.1) is 25.7 Å². The van der Waals surface area contributed by atoms with Crippen LogP contribution in [0.5, 0.6) is 0 Å². The molecule has 1 spiro atoms. The molecule has 7 nitrogen and oxygen atoms in total. The number of cyclic esters (lactones) is 1.